The SMILES string of the molecule is CCCCN(C)C(=O)c1cnc(Nc2ccccc2F)nc1. The normalized spacial score (nSPS) is 10.3. The number of nitrogens with zero attached hydrogens (tertiary/aromatic N) is 3. The van der Waals surface area contributed by atoms with E-state index in [2.05, 4.69) is 22.2 Å². The lowest BCUT2D eigenvalue weighted by molar-refractivity contribution is 0.0792. The Balaban J connectivity index is 2.04. The van der Waals surface area contributed by atoms with E-state index in [0.717, 1.165) is 12.8 Å². The molecular formula is C16H19FN4O. The number of anilines is 2. The fraction of sp³-hybridized carbons (Fsp3) is 0.312. The van der Waals surface area contributed by atoms with E-state index in [1.165, 1.54) is 18.5 Å². The highest BCUT2D eigenvalue weighted by Gasteiger charge is 2.12. The van der Waals surface area contributed by atoms with Crippen LogP contribution in [0.3, 0.4) is 0 Å². The number of carbonyl (C=O) groups is 1. The second-order valence-electron chi connectivity index (χ2n) is 4.98. The molecule has 0 saturated heterocycles. The standard InChI is InChI=1S/C16H19FN4O/c1-3-4-9-21(2)15(22)12-10-18-16(19-11-12)20-14-8-6-5-7-13(14)17/h5-8,10-11H,3-4,9H2,1-2H3,(H,18,19,20). The summed E-state index contributed by atoms with van der Waals surface area (Å²) in [6.45, 7) is 2.77. The van der Waals surface area contributed by atoms with Crippen LogP contribution in [0.2, 0.25) is 0 Å². The highest BCUT2D eigenvalue weighted by molar-refractivity contribution is 5.93. The molecule has 1 N–H and O–H groups in total. The summed E-state index contributed by atoms with van der Waals surface area (Å²) >= 11 is 0. The monoisotopic (exact) mass is 302 g/mol. The van der Waals surface area contributed by atoms with Gasteiger partial charge >= 0.3 is 0 Å². The molecule has 5 nitrogen and oxygen atoms in total. The zero-order chi connectivity index (χ0) is 15.9. The van der Waals surface area contributed by atoms with Crippen molar-refractivity contribution in [3.63, 3.8) is 0 Å². The van der Waals surface area contributed by atoms with Gasteiger partial charge < -0.3 is 10.2 Å². The molecule has 2 aromatic rings. The van der Waals surface area contributed by atoms with Crippen molar-refractivity contribution in [3.8, 4) is 0 Å². The first-order chi connectivity index (χ1) is 10.6. The average molecular weight is 302 g/mol. The molecule has 1 aromatic heterocycles. The van der Waals surface area contributed by atoms with E-state index in [9.17, 15) is 9.18 Å². The molecule has 0 aliphatic heterocycles. The fourth-order valence-corrected chi connectivity index (χ4v) is 1.90. The molecule has 0 aliphatic carbocycles. The minimum absolute atomic E-state index is 0.120. The van der Waals surface area contributed by atoms with E-state index in [0.29, 0.717) is 17.8 Å². The van der Waals surface area contributed by atoms with Gasteiger partial charge in [0.05, 0.1) is 11.3 Å². The molecule has 116 valence electrons. The number of rotatable bonds is 6. The van der Waals surface area contributed by atoms with Crippen LogP contribution in [0.1, 0.15) is 30.1 Å². The van der Waals surface area contributed by atoms with Crippen molar-refractivity contribution in [1.29, 1.82) is 0 Å². The Morgan fingerprint density at radius 2 is 1.95 bits per heavy atom. The van der Waals surface area contributed by atoms with Crippen molar-refractivity contribution in [2.24, 2.45) is 0 Å². The lowest BCUT2D eigenvalue weighted by atomic mass is 10.2. The molecule has 1 heterocycles. The fourth-order valence-electron chi connectivity index (χ4n) is 1.90. The minimum Gasteiger partial charge on any atom is -0.342 e. The highest BCUT2D eigenvalue weighted by atomic mass is 19.1. The zero-order valence-electron chi connectivity index (χ0n) is 12.7. The Morgan fingerprint density at radius 3 is 2.59 bits per heavy atom. The van der Waals surface area contributed by atoms with E-state index in [4.69, 9.17) is 0 Å². The van der Waals surface area contributed by atoms with E-state index in [1.54, 1.807) is 30.1 Å². The van der Waals surface area contributed by atoms with Gasteiger partial charge in [0.15, 0.2) is 0 Å². The smallest absolute Gasteiger partial charge is 0.256 e. The van der Waals surface area contributed by atoms with Crippen LogP contribution in [-0.2, 0) is 0 Å². The van der Waals surface area contributed by atoms with Crippen LogP contribution < -0.4 is 5.32 Å². The first kappa shape index (κ1) is 15.9. The Kier molecular flexibility index (Phi) is 5.41. The molecule has 0 atom stereocenters. The molecule has 0 fully saturated rings. The van der Waals surface area contributed by atoms with E-state index >= 15 is 0 Å². The van der Waals surface area contributed by atoms with Crippen molar-refractivity contribution in [2.45, 2.75) is 19.8 Å². The number of para-hydroxylation sites is 1. The summed E-state index contributed by atoms with van der Waals surface area (Å²) < 4.78 is 13.5. The maximum absolute atomic E-state index is 13.5. The molecule has 1 amide bonds. The van der Waals surface area contributed by atoms with Crippen molar-refractivity contribution >= 4 is 17.5 Å². The van der Waals surface area contributed by atoms with Gasteiger partial charge in [-0.2, -0.15) is 0 Å². The first-order valence-electron chi connectivity index (χ1n) is 7.21. The number of carbonyl (C=O) groups excluding carboxylic acids is 1. The molecule has 1 aromatic carbocycles. The van der Waals surface area contributed by atoms with Crippen LogP contribution in [0, 0.1) is 5.82 Å². The molecule has 6 heteroatoms. The third-order valence-corrected chi connectivity index (χ3v) is 3.21. The van der Waals surface area contributed by atoms with Gasteiger partial charge in [0, 0.05) is 26.0 Å². The third kappa shape index (κ3) is 4.00. The summed E-state index contributed by atoms with van der Waals surface area (Å²) in [7, 11) is 1.75. The van der Waals surface area contributed by atoms with E-state index < -0.39 is 0 Å². The Hall–Kier alpha value is -2.50. The Morgan fingerprint density at radius 1 is 1.27 bits per heavy atom. The second kappa shape index (κ2) is 7.49. The maximum atomic E-state index is 13.5. The van der Waals surface area contributed by atoms with E-state index in [1.807, 2.05) is 0 Å². The summed E-state index contributed by atoms with van der Waals surface area (Å²) in [4.78, 5) is 21.9. The number of unbranched alkanes of at least 4 members (excludes halogenated alkanes) is 1. The largest absolute Gasteiger partial charge is 0.342 e. The third-order valence-electron chi connectivity index (χ3n) is 3.21. The number of hydrogen-bond acceptors (Lipinski definition) is 4. The number of benzene rings is 1. The predicted molar refractivity (Wildman–Crippen MR) is 83.6 cm³/mol. The number of hydrogen-bond donors (Lipinski definition) is 1. The zero-order valence-corrected chi connectivity index (χ0v) is 12.7. The van der Waals surface area contributed by atoms with Crippen LogP contribution in [0.25, 0.3) is 0 Å². The minimum atomic E-state index is -0.384. The first-order valence-corrected chi connectivity index (χ1v) is 7.21. The number of aromatic nitrogens is 2. The quantitative estimate of drug-likeness (QED) is 0.890. The number of nitrogens with one attached hydrogen (secondary N) is 1. The molecule has 0 radical (unpaired) electrons. The van der Waals surface area contributed by atoms with Gasteiger partial charge in [0.1, 0.15) is 5.82 Å². The van der Waals surface area contributed by atoms with Crippen LogP contribution in [0.4, 0.5) is 16.0 Å². The van der Waals surface area contributed by atoms with Gasteiger partial charge in [-0.05, 0) is 18.6 Å². The van der Waals surface area contributed by atoms with Gasteiger partial charge in [-0.15, -0.1) is 0 Å². The van der Waals surface area contributed by atoms with Crippen LogP contribution >= 0.6 is 0 Å². The average Bonchev–Trinajstić information content (AvgIpc) is 2.55. The predicted octanol–water partition coefficient (Wildman–Crippen LogP) is 3.23. The van der Waals surface area contributed by atoms with Crippen LogP contribution in [0.15, 0.2) is 36.7 Å². The molecule has 22 heavy (non-hydrogen) atoms. The Bertz CT molecular complexity index is 630. The van der Waals surface area contributed by atoms with Gasteiger partial charge in [-0.3, -0.25) is 4.79 Å². The summed E-state index contributed by atoms with van der Waals surface area (Å²) in [5, 5.41) is 2.78. The van der Waals surface area contributed by atoms with Gasteiger partial charge in [0.2, 0.25) is 5.95 Å². The van der Waals surface area contributed by atoms with Gasteiger partial charge in [-0.1, -0.05) is 25.5 Å². The molecular weight excluding hydrogens is 283 g/mol. The topological polar surface area (TPSA) is 58.1 Å². The number of amides is 1. The van der Waals surface area contributed by atoms with Gasteiger partial charge in [0.25, 0.3) is 5.91 Å². The molecule has 0 saturated carbocycles. The summed E-state index contributed by atoms with van der Waals surface area (Å²) in [6, 6.07) is 6.26. The summed E-state index contributed by atoms with van der Waals surface area (Å²) in [6.07, 6.45) is 4.87. The summed E-state index contributed by atoms with van der Waals surface area (Å²) in [5.74, 6) is -0.255. The summed E-state index contributed by atoms with van der Waals surface area (Å²) in [5.41, 5.74) is 0.708. The molecule has 0 aliphatic rings. The van der Waals surface area contributed by atoms with Crippen molar-refractivity contribution in [2.75, 3.05) is 18.9 Å². The Labute approximate surface area is 129 Å². The van der Waals surface area contributed by atoms with E-state index in [-0.39, 0.29) is 17.7 Å². The van der Waals surface area contributed by atoms with Crippen LogP contribution in [0.5, 0.6) is 0 Å². The lowest BCUT2D eigenvalue weighted by Crippen LogP contribution is -2.27. The van der Waals surface area contributed by atoms with Gasteiger partial charge in [-0.25, -0.2) is 14.4 Å². The van der Waals surface area contributed by atoms with Crippen LogP contribution in [-0.4, -0.2) is 34.4 Å². The van der Waals surface area contributed by atoms with Crippen molar-refractivity contribution in [3.05, 3.63) is 48.0 Å². The molecule has 0 bridgehead atoms. The lowest BCUT2D eigenvalue weighted by Gasteiger charge is -2.16. The highest BCUT2D eigenvalue weighted by Crippen LogP contribution is 2.16. The molecule has 2 rings (SSSR count). The van der Waals surface area contributed by atoms with Crippen molar-refractivity contribution in [1.82, 2.24) is 14.9 Å². The molecule has 0 spiro atoms. The maximum Gasteiger partial charge on any atom is 0.256 e. The number of halogens is 1. The molecule has 0 unspecified atom stereocenters. The van der Waals surface area contributed by atoms with Crippen molar-refractivity contribution < 1.29 is 9.18 Å². The second-order valence-corrected chi connectivity index (χ2v) is 4.98.